The number of rotatable bonds is 5. The molecule has 0 radical (unpaired) electrons. The second kappa shape index (κ2) is 5.88. The molecule has 94 valence electrons. The lowest BCUT2D eigenvalue weighted by molar-refractivity contribution is 0.389. The van der Waals surface area contributed by atoms with Crippen LogP contribution in [0.2, 0.25) is 0 Å². The summed E-state index contributed by atoms with van der Waals surface area (Å²) in [6, 6.07) is 4.70. The lowest BCUT2D eigenvalue weighted by atomic mass is 10.0. The Bertz CT molecular complexity index is 412. The van der Waals surface area contributed by atoms with Crippen molar-refractivity contribution < 1.29 is 0 Å². The highest BCUT2D eigenvalue weighted by molar-refractivity contribution is 5.34. The van der Waals surface area contributed by atoms with Gasteiger partial charge in [-0.2, -0.15) is 5.26 Å². The number of hydrogen-bond acceptors (Lipinski definition) is 2. The highest BCUT2D eigenvalue weighted by Gasteiger charge is 2.12. The van der Waals surface area contributed by atoms with Gasteiger partial charge in [0.15, 0.2) is 0 Å². The highest BCUT2D eigenvalue weighted by Crippen LogP contribution is 2.14. The summed E-state index contributed by atoms with van der Waals surface area (Å²) in [6.45, 7) is 9.59. The first-order valence-electron chi connectivity index (χ1n) is 6.29. The molecule has 1 aromatic rings. The molecule has 0 amide bonds. The Morgan fingerprint density at radius 2 is 2.12 bits per heavy atom. The van der Waals surface area contributed by atoms with E-state index in [1.807, 2.05) is 17.7 Å². The van der Waals surface area contributed by atoms with Crippen LogP contribution in [0.15, 0.2) is 6.07 Å². The van der Waals surface area contributed by atoms with Crippen molar-refractivity contribution in [1.82, 2.24) is 9.88 Å². The molecule has 3 nitrogen and oxygen atoms in total. The number of nitriles is 1. The van der Waals surface area contributed by atoms with Gasteiger partial charge in [0.05, 0.1) is 0 Å². The molecule has 0 fully saturated rings. The van der Waals surface area contributed by atoms with Crippen LogP contribution in [-0.4, -0.2) is 10.6 Å². The van der Waals surface area contributed by atoms with Crippen molar-refractivity contribution in [3.63, 3.8) is 0 Å². The average molecular weight is 233 g/mol. The van der Waals surface area contributed by atoms with Crippen LogP contribution in [0, 0.1) is 24.2 Å². The Morgan fingerprint density at radius 3 is 2.59 bits per heavy atom. The highest BCUT2D eigenvalue weighted by atomic mass is 15.0. The second-order valence-corrected chi connectivity index (χ2v) is 4.87. The van der Waals surface area contributed by atoms with Gasteiger partial charge in [0.1, 0.15) is 11.8 Å². The maximum atomic E-state index is 8.97. The van der Waals surface area contributed by atoms with E-state index in [-0.39, 0.29) is 0 Å². The lowest BCUT2D eigenvalue weighted by Gasteiger charge is -2.19. The summed E-state index contributed by atoms with van der Waals surface area (Å²) in [7, 11) is 1.94. The molecule has 3 heteroatoms. The Balaban J connectivity index is 2.68. The van der Waals surface area contributed by atoms with E-state index in [9.17, 15) is 0 Å². The number of nitrogens with one attached hydrogen (secondary N) is 1. The monoisotopic (exact) mass is 233 g/mol. The molecule has 17 heavy (non-hydrogen) atoms. The number of hydrogen-bond donors (Lipinski definition) is 1. The molecule has 0 aliphatic heterocycles. The summed E-state index contributed by atoms with van der Waals surface area (Å²) in [6.07, 6.45) is 1.19. The number of nitrogens with zero attached hydrogens (tertiary/aromatic N) is 2. The van der Waals surface area contributed by atoms with Crippen molar-refractivity contribution >= 4 is 0 Å². The Hall–Kier alpha value is -1.27. The van der Waals surface area contributed by atoms with E-state index in [1.54, 1.807) is 0 Å². The predicted molar refractivity (Wildman–Crippen MR) is 70.6 cm³/mol. The molecule has 1 heterocycles. The third kappa shape index (κ3) is 3.10. The Kier molecular flexibility index (Phi) is 4.77. The molecule has 0 saturated heterocycles. The third-order valence-corrected chi connectivity index (χ3v) is 3.87. The molecule has 1 N–H and O–H groups in total. The van der Waals surface area contributed by atoms with Crippen molar-refractivity contribution in [2.24, 2.45) is 13.0 Å². The van der Waals surface area contributed by atoms with Crippen LogP contribution in [0.3, 0.4) is 0 Å². The summed E-state index contributed by atoms with van der Waals surface area (Å²) in [5.41, 5.74) is 3.13. The first-order chi connectivity index (χ1) is 8.01. The summed E-state index contributed by atoms with van der Waals surface area (Å²) >= 11 is 0. The van der Waals surface area contributed by atoms with E-state index in [0.29, 0.717) is 12.0 Å². The summed E-state index contributed by atoms with van der Waals surface area (Å²) < 4.78 is 1.95. The molecule has 2 atom stereocenters. The van der Waals surface area contributed by atoms with Gasteiger partial charge in [0.2, 0.25) is 0 Å². The molecule has 1 aromatic heterocycles. The van der Waals surface area contributed by atoms with Gasteiger partial charge in [-0.05, 0) is 31.4 Å². The minimum absolute atomic E-state index is 0.505. The Morgan fingerprint density at radius 1 is 1.47 bits per heavy atom. The first-order valence-corrected chi connectivity index (χ1v) is 6.29. The van der Waals surface area contributed by atoms with E-state index in [2.05, 4.69) is 39.1 Å². The summed E-state index contributed by atoms with van der Waals surface area (Å²) in [5.74, 6) is 0.675. The van der Waals surface area contributed by atoms with Crippen molar-refractivity contribution in [3.8, 4) is 6.07 Å². The lowest BCUT2D eigenvalue weighted by Crippen LogP contribution is -2.31. The van der Waals surface area contributed by atoms with Gasteiger partial charge >= 0.3 is 0 Å². The smallest absolute Gasteiger partial charge is 0.120 e. The van der Waals surface area contributed by atoms with Crippen LogP contribution in [0.5, 0.6) is 0 Å². The van der Waals surface area contributed by atoms with E-state index < -0.39 is 0 Å². The summed E-state index contributed by atoms with van der Waals surface area (Å²) in [4.78, 5) is 0. The predicted octanol–water partition coefficient (Wildman–Crippen LogP) is 2.73. The van der Waals surface area contributed by atoms with Crippen LogP contribution >= 0.6 is 0 Å². The van der Waals surface area contributed by atoms with Crippen LogP contribution in [-0.2, 0) is 13.6 Å². The molecule has 0 aliphatic rings. The largest absolute Gasteiger partial charge is 0.340 e. The van der Waals surface area contributed by atoms with E-state index in [0.717, 1.165) is 12.2 Å². The van der Waals surface area contributed by atoms with Gasteiger partial charge < -0.3 is 9.88 Å². The van der Waals surface area contributed by atoms with Gasteiger partial charge in [-0.15, -0.1) is 0 Å². The zero-order valence-corrected chi connectivity index (χ0v) is 11.5. The third-order valence-electron chi connectivity index (χ3n) is 3.87. The standard InChI is InChI=1S/C14H23N3/c1-6-10(2)11(3)16-9-13-7-14(8-15)17(5)12(13)4/h7,10-11,16H,6,9H2,1-5H3. The van der Waals surface area contributed by atoms with Gasteiger partial charge in [-0.1, -0.05) is 20.3 Å². The fraction of sp³-hybridized carbons (Fsp3) is 0.643. The van der Waals surface area contributed by atoms with Gasteiger partial charge in [-0.25, -0.2) is 0 Å². The van der Waals surface area contributed by atoms with Gasteiger partial charge in [-0.3, -0.25) is 0 Å². The van der Waals surface area contributed by atoms with Gasteiger partial charge in [0.25, 0.3) is 0 Å². The van der Waals surface area contributed by atoms with E-state index in [4.69, 9.17) is 5.26 Å². The zero-order chi connectivity index (χ0) is 13.0. The molecule has 2 unspecified atom stereocenters. The van der Waals surface area contributed by atoms with Crippen molar-refractivity contribution in [2.45, 2.75) is 46.7 Å². The average Bonchev–Trinajstić information content (AvgIpc) is 2.62. The topological polar surface area (TPSA) is 40.8 Å². The molecule has 0 saturated carbocycles. The molecular formula is C14H23N3. The van der Waals surface area contributed by atoms with Gasteiger partial charge in [0, 0.05) is 25.3 Å². The molecule has 0 spiro atoms. The maximum Gasteiger partial charge on any atom is 0.120 e. The van der Waals surface area contributed by atoms with E-state index >= 15 is 0 Å². The zero-order valence-electron chi connectivity index (χ0n) is 11.5. The molecule has 0 aromatic carbocycles. The van der Waals surface area contributed by atoms with Crippen LogP contribution < -0.4 is 5.32 Å². The normalized spacial score (nSPS) is 14.4. The SMILES string of the molecule is CCC(C)C(C)NCc1cc(C#N)n(C)c1C. The number of aromatic nitrogens is 1. The molecule has 1 rings (SSSR count). The molecule has 0 bridgehead atoms. The maximum absolute atomic E-state index is 8.97. The van der Waals surface area contributed by atoms with Crippen LogP contribution in [0.25, 0.3) is 0 Å². The van der Waals surface area contributed by atoms with Crippen molar-refractivity contribution in [2.75, 3.05) is 0 Å². The van der Waals surface area contributed by atoms with Crippen LogP contribution in [0.1, 0.15) is 44.1 Å². The van der Waals surface area contributed by atoms with Crippen LogP contribution in [0.4, 0.5) is 0 Å². The van der Waals surface area contributed by atoms with E-state index in [1.165, 1.54) is 17.7 Å². The fourth-order valence-electron chi connectivity index (χ4n) is 1.87. The quantitative estimate of drug-likeness (QED) is 0.849. The summed E-state index contributed by atoms with van der Waals surface area (Å²) in [5, 5.41) is 12.5. The first kappa shape index (κ1) is 13.8. The van der Waals surface area contributed by atoms with Crippen molar-refractivity contribution in [3.05, 3.63) is 23.0 Å². The minimum Gasteiger partial charge on any atom is -0.340 e. The second-order valence-electron chi connectivity index (χ2n) is 4.87. The fourth-order valence-corrected chi connectivity index (χ4v) is 1.87. The Labute approximate surface area is 104 Å². The van der Waals surface area contributed by atoms with Crippen molar-refractivity contribution in [1.29, 1.82) is 5.26 Å². The molecular weight excluding hydrogens is 210 g/mol. The minimum atomic E-state index is 0.505. The molecule has 0 aliphatic carbocycles.